The summed E-state index contributed by atoms with van der Waals surface area (Å²) >= 11 is 1.53. The zero-order chi connectivity index (χ0) is 24.2. The summed E-state index contributed by atoms with van der Waals surface area (Å²) in [5, 5.41) is -0.367. The van der Waals surface area contributed by atoms with E-state index in [2.05, 4.69) is 0 Å². The van der Waals surface area contributed by atoms with Gasteiger partial charge >= 0.3 is 5.97 Å². The summed E-state index contributed by atoms with van der Waals surface area (Å²) in [7, 11) is 1.59. The number of allylic oxidation sites excluding steroid dienone is 2. The fraction of sp³-hybridized carbons (Fsp3) is 0.269. The first-order valence-electron chi connectivity index (χ1n) is 10.9. The molecule has 2 aliphatic rings. The number of thioether (sulfide) groups is 1. The van der Waals surface area contributed by atoms with Crippen LogP contribution in [0.4, 0.5) is 5.69 Å². The molecule has 2 aliphatic heterocycles. The first-order valence-corrected chi connectivity index (χ1v) is 12.0. The molecule has 0 saturated carbocycles. The van der Waals surface area contributed by atoms with Gasteiger partial charge in [0.05, 0.1) is 7.11 Å². The number of hydrogen-bond acceptors (Lipinski definition) is 6. The molecular weight excluding hydrogens is 452 g/mol. The van der Waals surface area contributed by atoms with Gasteiger partial charge in [0.25, 0.3) is 5.91 Å². The van der Waals surface area contributed by atoms with Crippen molar-refractivity contribution in [1.82, 2.24) is 4.90 Å². The van der Waals surface area contributed by atoms with Gasteiger partial charge < -0.3 is 9.47 Å². The highest BCUT2D eigenvalue weighted by Gasteiger charge is 2.57. The molecule has 4 rings (SSSR count). The maximum Gasteiger partial charge on any atom is 0.355 e. The average molecular weight is 479 g/mol. The predicted molar refractivity (Wildman–Crippen MR) is 131 cm³/mol. The zero-order valence-corrected chi connectivity index (χ0v) is 20.1. The second-order valence-corrected chi connectivity index (χ2v) is 8.98. The molecule has 2 aromatic rings. The van der Waals surface area contributed by atoms with Crippen LogP contribution in [-0.2, 0) is 25.7 Å². The maximum atomic E-state index is 13.4. The van der Waals surface area contributed by atoms with Gasteiger partial charge in [0.2, 0.25) is 5.91 Å². The number of nitrogens with zero attached hydrogens (tertiary/aromatic N) is 2. The van der Waals surface area contributed by atoms with Crippen molar-refractivity contribution in [3.05, 3.63) is 83.6 Å². The van der Waals surface area contributed by atoms with Gasteiger partial charge in [-0.2, -0.15) is 0 Å². The first kappa shape index (κ1) is 23.6. The Morgan fingerprint density at radius 2 is 1.85 bits per heavy atom. The van der Waals surface area contributed by atoms with Crippen LogP contribution in [0.1, 0.15) is 19.4 Å². The Morgan fingerprint density at radius 1 is 1.15 bits per heavy atom. The molecule has 2 heterocycles. The van der Waals surface area contributed by atoms with E-state index in [4.69, 9.17) is 9.47 Å². The second kappa shape index (κ2) is 10.2. The van der Waals surface area contributed by atoms with Gasteiger partial charge in [-0.15, -0.1) is 11.8 Å². The van der Waals surface area contributed by atoms with Crippen LogP contribution >= 0.6 is 11.8 Å². The van der Waals surface area contributed by atoms with Crippen LogP contribution < -0.4 is 9.64 Å². The molecule has 176 valence electrons. The van der Waals surface area contributed by atoms with E-state index in [0.717, 1.165) is 11.1 Å². The summed E-state index contributed by atoms with van der Waals surface area (Å²) in [5.41, 5.74) is 2.43. The molecule has 1 saturated heterocycles. The third-order valence-corrected chi connectivity index (χ3v) is 7.00. The second-order valence-electron chi connectivity index (χ2n) is 7.88. The standard InChI is InChI=1S/C26H26N2O5S/c1-4-8-19-16-34-25-23(27(17(2)29)20-9-6-5-7-10-20)24(30)28(25)22(19)26(31)33-15-18-11-13-21(32-3)14-12-18/h4-14,23,25H,15-16H2,1-3H3/b8-4-/t23?,25-/m0/s1. The van der Waals surface area contributed by atoms with E-state index in [0.29, 0.717) is 17.2 Å². The lowest BCUT2D eigenvalue weighted by molar-refractivity contribution is -0.152. The molecule has 0 aliphatic carbocycles. The summed E-state index contributed by atoms with van der Waals surface area (Å²) in [5.74, 6) is 0.162. The van der Waals surface area contributed by atoms with Crippen LogP contribution in [0.3, 0.4) is 0 Å². The van der Waals surface area contributed by atoms with Gasteiger partial charge in [-0.05, 0) is 42.3 Å². The first-order chi connectivity index (χ1) is 16.5. The van der Waals surface area contributed by atoms with E-state index in [-0.39, 0.29) is 29.5 Å². The third-order valence-electron chi connectivity index (χ3n) is 5.71. The number of β-lactam (4-membered cyclic amide) rings is 1. The van der Waals surface area contributed by atoms with Crippen LogP contribution in [0, 0.1) is 0 Å². The smallest absolute Gasteiger partial charge is 0.355 e. The molecule has 2 aromatic carbocycles. The summed E-state index contributed by atoms with van der Waals surface area (Å²) < 4.78 is 10.7. The van der Waals surface area contributed by atoms with Crippen molar-refractivity contribution in [2.24, 2.45) is 0 Å². The SMILES string of the molecule is C/C=C\C1=C(C(=O)OCc2ccc(OC)cc2)N2C(=O)C(N(C(C)=O)c3ccccc3)[C@@H]2SC1. The average Bonchev–Trinajstić information content (AvgIpc) is 2.86. The molecule has 8 heteroatoms. The molecule has 0 N–H and O–H groups in total. The summed E-state index contributed by atoms with van der Waals surface area (Å²) in [6.45, 7) is 3.38. The number of ether oxygens (including phenoxy) is 2. The molecule has 1 unspecified atom stereocenters. The molecular formula is C26H26N2O5S. The van der Waals surface area contributed by atoms with Crippen LogP contribution in [0.2, 0.25) is 0 Å². The van der Waals surface area contributed by atoms with Gasteiger partial charge in [-0.1, -0.05) is 42.5 Å². The summed E-state index contributed by atoms with van der Waals surface area (Å²) in [6.07, 6.45) is 3.66. The Labute approximate surface area is 203 Å². The molecule has 7 nitrogen and oxygen atoms in total. The van der Waals surface area contributed by atoms with Crippen molar-refractivity contribution in [3.8, 4) is 5.75 Å². The molecule has 1 fully saturated rings. The highest BCUT2D eigenvalue weighted by molar-refractivity contribution is 8.00. The van der Waals surface area contributed by atoms with E-state index in [1.807, 2.05) is 49.4 Å². The Kier molecular flexibility index (Phi) is 7.07. The Hall–Kier alpha value is -3.52. The Bertz CT molecular complexity index is 1140. The normalized spacial score (nSPS) is 19.5. The van der Waals surface area contributed by atoms with Crippen molar-refractivity contribution in [1.29, 1.82) is 0 Å². The number of rotatable bonds is 7. The van der Waals surface area contributed by atoms with Gasteiger partial charge in [-0.25, -0.2) is 4.79 Å². The predicted octanol–water partition coefficient (Wildman–Crippen LogP) is 3.91. The molecule has 0 radical (unpaired) electrons. The van der Waals surface area contributed by atoms with Gasteiger partial charge in [0.1, 0.15) is 29.5 Å². The van der Waals surface area contributed by atoms with Crippen LogP contribution in [0.25, 0.3) is 0 Å². The molecule has 0 aromatic heterocycles. The van der Waals surface area contributed by atoms with Crippen LogP contribution in [-0.4, -0.2) is 47.0 Å². The lowest BCUT2D eigenvalue weighted by Crippen LogP contribution is -2.71. The molecule has 2 amide bonds. The molecule has 2 atom stereocenters. The van der Waals surface area contributed by atoms with E-state index >= 15 is 0 Å². The van der Waals surface area contributed by atoms with Gasteiger partial charge in [0, 0.05) is 18.4 Å². The van der Waals surface area contributed by atoms with E-state index in [9.17, 15) is 14.4 Å². The lowest BCUT2D eigenvalue weighted by Gasteiger charge is -2.52. The highest BCUT2D eigenvalue weighted by atomic mass is 32.2. The minimum atomic E-state index is -0.679. The zero-order valence-electron chi connectivity index (χ0n) is 19.3. The van der Waals surface area contributed by atoms with E-state index in [1.54, 1.807) is 31.4 Å². The largest absolute Gasteiger partial charge is 0.497 e. The number of anilines is 1. The van der Waals surface area contributed by atoms with Crippen molar-refractivity contribution >= 4 is 35.2 Å². The highest BCUT2D eigenvalue weighted by Crippen LogP contribution is 2.44. The number of para-hydroxylation sites is 1. The number of amides is 2. The van der Waals surface area contributed by atoms with Crippen molar-refractivity contribution < 1.29 is 23.9 Å². The fourth-order valence-corrected chi connectivity index (χ4v) is 5.47. The molecule has 0 spiro atoms. The summed E-state index contributed by atoms with van der Waals surface area (Å²) in [6, 6.07) is 15.7. The van der Waals surface area contributed by atoms with Gasteiger partial charge in [0.15, 0.2) is 0 Å². The van der Waals surface area contributed by atoms with Crippen LogP contribution in [0.15, 0.2) is 78.0 Å². The maximum absolute atomic E-state index is 13.4. The molecule has 34 heavy (non-hydrogen) atoms. The van der Waals surface area contributed by atoms with Crippen molar-refractivity contribution in [3.63, 3.8) is 0 Å². The Balaban J connectivity index is 1.57. The number of esters is 1. The monoisotopic (exact) mass is 478 g/mol. The molecule has 0 bridgehead atoms. The Morgan fingerprint density at radius 3 is 2.47 bits per heavy atom. The van der Waals surface area contributed by atoms with Crippen molar-refractivity contribution in [2.75, 3.05) is 17.8 Å². The lowest BCUT2D eigenvalue weighted by atomic mass is 10.00. The fourth-order valence-electron chi connectivity index (χ4n) is 4.11. The van der Waals surface area contributed by atoms with E-state index in [1.165, 1.54) is 28.5 Å². The minimum absolute atomic E-state index is 0.0717. The van der Waals surface area contributed by atoms with Gasteiger partial charge in [-0.3, -0.25) is 19.4 Å². The van der Waals surface area contributed by atoms with Crippen molar-refractivity contribution in [2.45, 2.75) is 31.9 Å². The number of hydrogen-bond donors (Lipinski definition) is 0. The number of benzene rings is 2. The van der Waals surface area contributed by atoms with Crippen LogP contribution in [0.5, 0.6) is 5.75 Å². The van der Waals surface area contributed by atoms with E-state index < -0.39 is 12.0 Å². The minimum Gasteiger partial charge on any atom is -0.497 e. The number of methoxy groups -OCH3 is 1. The summed E-state index contributed by atoms with van der Waals surface area (Å²) in [4.78, 5) is 42.0. The quantitative estimate of drug-likeness (QED) is 0.444. The third kappa shape index (κ3) is 4.46. The topological polar surface area (TPSA) is 76.2 Å². The number of fused-ring (bicyclic) bond motifs is 1. The number of carbonyl (C=O) groups excluding carboxylic acids is 3. The number of carbonyl (C=O) groups is 3.